The van der Waals surface area contributed by atoms with Crippen molar-refractivity contribution in [3.63, 3.8) is 0 Å². The minimum atomic E-state index is -0.906. The zero-order chi connectivity index (χ0) is 11.5. The van der Waals surface area contributed by atoms with Crippen LogP contribution < -0.4 is 0 Å². The lowest BCUT2D eigenvalue weighted by atomic mass is 10.0. The van der Waals surface area contributed by atoms with E-state index < -0.39 is 6.09 Å². The predicted molar refractivity (Wildman–Crippen MR) is 64.3 cm³/mol. The highest BCUT2D eigenvalue weighted by Gasteiger charge is 2.27. The summed E-state index contributed by atoms with van der Waals surface area (Å²) in [6, 6.07) is 3.77. The first kappa shape index (κ1) is 11.1. The Morgan fingerprint density at radius 1 is 1.62 bits per heavy atom. The van der Waals surface area contributed by atoms with Crippen LogP contribution in [0.4, 0.5) is 4.79 Å². The van der Waals surface area contributed by atoms with E-state index in [-0.39, 0.29) is 4.95 Å². The van der Waals surface area contributed by atoms with Gasteiger partial charge in [0.25, 0.3) is 0 Å². The van der Waals surface area contributed by atoms with Crippen LogP contribution in [-0.4, -0.2) is 32.6 Å². The van der Waals surface area contributed by atoms with E-state index >= 15 is 0 Å². The standard InChI is InChI=1S/C11H11BrN2O2/c12-10-9(8-3-1-5-13-7-8)4-2-6-14(10)11(15)16/h1,3-5,7,10H,2,6H2,(H,15,16). The van der Waals surface area contributed by atoms with Gasteiger partial charge in [-0.15, -0.1) is 0 Å². The van der Waals surface area contributed by atoms with Crippen LogP contribution >= 0.6 is 15.9 Å². The van der Waals surface area contributed by atoms with E-state index in [4.69, 9.17) is 5.11 Å². The van der Waals surface area contributed by atoms with Crippen molar-refractivity contribution in [3.8, 4) is 0 Å². The fourth-order valence-electron chi connectivity index (χ4n) is 1.72. The average Bonchev–Trinajstić information content (AvgIpc) is 2.30. The Morgan fingerprint density at radius 2 is 2.44 bits per heavy atom. The maximum absolute atomic E-state index is 11.0. The Balaban J connectivity index is 2.29. The van der Waals surface area contributed by atoms with Crippen LogP contribution in [0.25, 0.3) is 5.57 Å². The summed E-state index contributed by atoms with van der Waals surface area (Å²) < 4.78 is 0. The van der Waals surface area contributed by atoms with Crippen LogP contribution in [0.15, 0.2) is 30.6 Å². The molecule has 0 bridgehead atoms. The summed E-state index contributed by atoms with van der Waals surface area (Å²) in [7, 11) is 0. The first-order valence-electron chi connectivity index (χ1n) is 4.94. The van der Waals surface area contributed by atoms with Gasteiger partial charge in [0.2, 0.25) is 0 Å². The smallest absolute Gasteiger partial charge is 0.408 e. The lowest BCUT2D eigenvalue weighted by molar-refractivity contribution is 0.147. The number of nitrogens with zero attached hydrogens (tertiary/aromatic N) is 2. The fraction of sp³-hybridized carbons (Fsp3) is 0.273. The Morgan fingerprint density at radius 3 is 3.06 bits per heavy atom. The van der Waals surface area contributed by atoms with Crippen LogP contribution in [0.2, 0.25) is 0 Å². The van der Waals surface area contributed by atoms with Crippen molar-refractivity contribution in [2.75, 3.05) is 6.54 Å². The number of hydrogen-bond acceptors (Lipinski definition) is 2. The molecule has 0 fully saturated rings. The van der Waals surface area contributed by atoms with Gasteiger partial charge < -0.3 is 5.11 Å². The molecule has 0 aromatic carbocycles. The number of halogens is 1. The molecule has 0 saturated heterocycles. The molecular formula is C11H11BrN2O2. The van der Waals surface area contributed by atoms with E-state index in [1.165, 1.54) is 4.90 Å². The molecule has 5 heteroatoms. The molecular weight excluding hydrogens is 272 g/mol. The highest BCUT2D eigenvalue weighted by molar-refractivity contribution is 9.09. The Labute approximate surface area is 102 Å². The summed E-state index contributed by atoms with van der Waals surface area (Å²) in [5.41, 5.74) is 1.91. The first-order valence-corrected chi connectivity index (χ1v) is 5.86. The van der Waals surface area contributed by atoms with E-state index in [9.17, 15) is 4.79 Å². The van der Waals surface area contributed by atoms with Gasteiger partial charge in [0.1, 0.15) is 4.95 Å². The predicted octanol–water partition coefficient (Wildman–Crippen LogP) is 2.57. The largest absolute Gasteiger partial charge is 0.465 e. The number of aromatic nitrogens is 1. The third kappa shape index (κ3) is 2.09. The quantitative estimate of drug-likeness (QED) is 0.636. The van der Waals surface area contributed by atoms with Crippen LogP contribution in [0, 0.1) is 0 Å². The highest BCUT2D eigenvalue weighted by Crippen LogP contribution is 2.30. The molecule has 1 amide bonds. The summed E-state index contributed by atoms with van der Waals surface area (Å²) >= 11 is 3.41. The minimum absolute atomic E-state index is 0.289. The number of carboxylic acid groups (broad SMARTS) is 1. The molecule has 1 aromatic heterocycles. The lowest BCUT2D eigenvalue weighted by Crippen LogP contribution is -2.39. The minimum Gasteiger partial charge on any atom is -0.465 e. The van der Waals surface area contributed by atoms with Gasteiger partial charge in [0, 0.05) is 18.9 Å². The van der Waals surface area contributed by atoms with Crippen molar-refractivity contribution in [2.45, 2.75) is 11.4 Å². The fourth-order valence-corrected chi connectivity index (χ4v) is 2.55. The van der Waals surface area contributed by atoms with Crippen LogP contribution in [0.3, 0.4) is 0 Å². The molecule has 1 aliphatic rings. The number of carbonyl (C=O) groups is 1. The second-order valence-electron chi connectivity index (χ2n) is 3.50. The van der Waals surface area contributed by atoms with E-state index in [2.05, 4.69) is 27.0 Å². The van der Waals surface area contributed by atoms with Gasteiger partial charge >= 0.3 is 6.09 Å². The van der Waals surface area contributed by atoms with Crippen molar-refractivity contribution in [2.24, 2.45) is 0 Å². The van der Waals surface area contributed by atoms with Crippen LogP contribution in [-0.2, 0) is 0 Å². The second kappa shape index (κ2) is 4.65. The van der Waals surface area contributed by atoms with Gasteiger partial charge in [-0.05, 0) is 23.6 Å². The molecule has 0 spiro atoms. The second-order valence-corrected chi connectivity index (χ2v) is 4.37. The molecule has 2 rings (SSSR count). The first-order chi connectivity index (χ1) is 7.70. The average molecular weight is 283 g/mol. The van der Waals surface area contributed by atoms with Crippen molar-refractivity contribution < 1.29 is 9.90 Å². The molecule has 2 heterocycles. The maximum atomic E-state index is 11.0. The number of rotatable bonds is 1. The van der Waals surface area contributed by atoms with Crippen molar-refractivity contribution in [1.29, 1.82) is 0 Å². The normalized spacial score (nSPS) is 20.4. The molecule has 16 heavy (non-hydrogen) atoms. The molecule has 1 N–H and O–H groups in total. The van der Waals surface area contributed by atoms with Crippen molar-refractivity contribution in [1.82, 2.24) is 9.88 Å². The molecule has 0 saturated carbocycles. The third-order valence-corrected chi connectivity index (χ3v) is 3.49. The summed E-state index contributed by atoms with van der Waals surface area (Å²) in [5.74, 6) is 0. The molecule has 1 aliphatic heterocycles. The monoisotopic (exact) mass is 282 g/mol. The molecule has 1 atom stereocenters. The van der Waals surface area contributed by atoms with E-state index in [1.807, 2.05) is 12.1 Å². The molecule has 1 aromatic rings. The maximum Gasteiger partial charge on any atom is 0.408 e. The zero-order valence-corrected chi connectivity index (χ0v) is 10.1. The number of alkyl halides is 1. The van der Waals surface area contributed by atoms with Crippen molar-refractivity contribution in [3.05, 3.63) is 36.2 Å². The third-order valence-electron chi connectivity index (χ3n) is 2.51. The number of pyridine rings is 1. The Hall–Kier alpha value is -1.36. The van der Waals surface area contributed by atoms with Crippen LogP contribution in [0.5, 0.6) is 0 Å². The van der Waals surface area contributed by atoms with E-state index in [0.29, 0.717) is 6.54 Å². The van der Waals surface area contributed by atoms with Gasteiger partial charge in [-0.1, -0.05) is 28.1 Å². The van der Waals surface area contributed by atoms with Gasteiger partial charge in [0.15, 0.2) is 0 Å². The SMILES string of the molecule is O=C(O)N1CCC=C(c2cccnc2)C1Br. The molecule has 0 aliphatic carbocycles. The zero-order valence-electron chi connectivity index (χ0n) is 8.51. The summed E-state index contributed by atoms with van der Waals surface area (Å²) in [4.78, 5) is 16.1. The van der Waals surface area contributed by atoms with Crippen LogP contribution in [0.1, 0.15) is 12.0 Å². The molecule has 1 unspecified atom stereocenters. The Kier molecular flexibility index (Phi) is 3.24. The van der Waals surface area contributed by atoms with Gasteiger partial charge in [-0.2, -0.15) is 0 Å². The van der Waals surface area contributed by atoms with E-state index in [0.717, 1.165) is 17.6 Å². The molecule has 84 valence electrons. The topological polar surface area (TPSA) is 53.4 Å². The van der Waals surface area contributed by atoms with Gasteiger partial charge in [-0.25, -0.2) is 4.79 Å². The summed E-state index contributed by atoms with van der Waals surface area (Å²) in [6.07, 6.45) is 5.32. The summed E-state index contributed by atoms with van der Waals surface area (Å²) in [6.45, 7) is 0.523. The number of amides is 1. The van der Waals surface area contributed by atoms with Gasteiger partial charge in [0.05, 0.1) is 0 Å². The van der Waals surface area contributed by atoms with Gasteiger partial charge in [-0.3, -0.25) is 9.88 Å². The van der Waals surface area contributed by atoms with E-state index in [1.54, 1.807) is 12.4 Å². The summed E-state index contributed by atoms with van der Waals surface area (Å²) in [5, 5.41) is 9.03. The Bertz CT molecular complexity index is 419. The number of hydrogen-bond donors (Lipinski definition) is 1. The lowest BCUT2D eigenvalue weighted by Gasteiger charge is -2.30. The molecule has 0 radical (unpaired) electrons. The highest BCUT2D eigenvalue weighted by atomic mass is 79.9. The van der Waals surface area contributed by atoms with Crippen molar-refractivity contribution >= 4 is 27.6 Å². The molecule has 4 nitrogen and oxygen atoms in total.